The van der Waals surface area contributed by atoms with Crippen LogP contribution in [0.25, 0.3) is 44.3 Å². The molecule has 6 N–H and O–H groups in total. The third-order valence-electron chi connectivity index (χ3n) is 5.32. The third-order valence-corrected chi connectivity index (χ3v) is 5.32. The second-order valence-corrected chi connectivity index (χ2v) is 7.28. The van der Waals surface area contributed by atoms with Gasteiger partial charge in [-0.1, -0.05) is 36.4 Å². The van der Waals surface area contributed by atoms with Gasteiger partial charge in [0, 0.05) is 44.3 Å². The Morgan fingerprint density at radius 2 is 0.967 bits per heavy atom. The molecule has 5 rings (SSSR count). The minimum Gasteiger partial charge on any atom is -0.366 e. The number of nitrogens with one attached hydrogen (secondary N) is 2. The van der Waals surface area contributed by atoms with Crippen molar-refractivity contribution in [1.82, 2.24) is 9.97 Å². The SMILES string of the molecule is NC(=O)c1ccc2cc(-c3ccc(-c4cc5ccc(C(N)=O)cc5[nH]4)cc3)[nH]c2c1. The van der Waals surface area contributed by atoms with Crippen LogP contribution in [0.15, 0.2) is 72.8 Å². The summed E-state index contributed by atoms with van der Waals surface area (Å²) >= 11 is 0. The fourth-order valence-corrected chi connectivity index (χ4v) is 3.70. The number of nitrogens with two attached hydrogens (primary N) is 2. The number of primary amides is 2. The second kappa shape index (κ2) is 6.63. The molecule has 3 aromatic carbocycles. The van der Waals surface area contributed by atoms with Crippen molar-refractivity contribution in [2.45, 2.75) is 0 Å². The zero-order valence-corrected chi connectivity index (χ0v) is 15.9. The molecule has 0 radical (unpaired) electrons. The van der Waals surface area contributed by atoms with Gasteiger partial charge < -0.3 is 21.4 Å². The van der Waals surface area contributed by atoms with Crippen molar-refractivity contribution >= 4 is 33.6 Å². The van der Waals surface area contributed by atoms with E-state index in [9.17, 15) is 9.59 Å². The van der Waals surface area contributed by atoms with Gasteiger partial charge in [0.05, 0.1) is 0 Å². The number of amides is 2. The van der Waals surface area contributed by atoms with Crippen molar-refractivity contribution in [3.63, 3.8) is 0 Å². The van der Waals surface area contributed by atoms with Crippen LogP contribution in [0.1, 0.15) is 20.7 Å². The molecule has 0 bridgehead atoms. The zero-order chi connectivity index (χ0) is 20.8. The van der Waals surface area contributed by atoms with Crippen molar-refractivity contribution in [3.05, 3.63) is 83.9 Å². The maximum Gasteiger partial charge on any atom is 0.248 e. The molecule has 30 heavy (non-hydrogen) atoms. The van der Waals surface area contributed by atoms with Crippen LogP contribution >= 0.6 is 0 Å². The van der Waals surface area contributed by atoms with Gasteiger partial charge in [0.1, 0.15) is 0 Å². The van der Waals surface area contributed by atoms with E-state index in [0.717, 1.165) is 44.3 Å². The fourth-order valence-electron chi connectivity index (χ4n) is 3.70. The predicted octanol–water partition coefficient (Wildman–Crippen LogP) is 4.18. The lowest BCUT2D eigenvalue weighted by Crippen LogP contribution is -2.10. The topological polar surface area (TPSA) is 118 Å². The van der Waals surface area contributed by atoms with E-state index in [1.165, 1.54) is 0 Å². The summed E-state index contributed by atoms with van der Waals surface area (Å²) in [5, 5.41) is 2.03. The van der Waals surface area contributed by atoms with E-state index in [-0.39, 0.29) is 0 Å². The first kappa shape index (κ1) is 17.8. The van der Waals surface area contributed by atoms with Crippen molar-refractivity contribution in [1.29, 1.82) is 0 Å². The molecule has 6 nitrogen and oxygen atoms in total. The average Bonchev–Trinajstić information content (AvgIpc) is 3.36. The molecule has 5 aromatic rings. The number of hydrogen-bond acceptors (Lipinski definition) is 2. The molecule has 2 amide bonds. The summed E-state index contributed by atoms with van der Waals surface area (Å²) < 4.78 is 0. The van der Waals surface area contributed by atoms with E-state index in [1.54, 1.807) is 24.3 Å². The third kappa shape index (κ3) is 3.00. The second-order valence-electron chi connectivity index (χ2n) is 7.28. The number of aromatic amines is 2. The van der Waals surface area contributed by atoms with Crippen LogP contribution in [-0.4, -0.2) is 21.8 Å². The van der Waals surface area contributed by atoms with Crippen LogP contribution < -0.4 is 11.5 Å². The summed E-state index contributed by atoms with van der Waals surface area (Å²) in [5.41, 5.74) is 17.4. The number of carbonyl (C=O) groups is 2. The van der Waals surface area contributed by atoms with Crippen LogP contribution in [0.2, 0.25) is 0 Å². The molecule has 0 unspecified atom stereocenters. The number of hydrogen-bond donors (Lipinski definition) is 4. The van der Waals surface area contributed by atoms with Crippen molar-refractivity contribution < 1.29 is 9.59 Å². The standard InChI is InChI=1S/C24H18N4O2/c25-23(29)17-7-5-15-9-19(27-21(15)11-17)13-1-2-14(4-3-13)20-10-16-6-8-18(24(26)30)12-22(16)28-20/h1-12,27-28H,(H2,25,29)(H2,26,30). The van der Waals surface area contributed by atoms with Crippen LogP contribution in [0.4, 0.5) is 0 Å². The molecule has 0 aliphatic carbocycles. The minimum atomic E-state index is -0.446. The Balaban J connectivity index is 1.48. The van der Waals surface area contributed by atoms with Crippen molar-refractivity contribution in [2.24, 2.45) is 11.5 Å². The quantitative estimate of drug-likeness (QED) is 0.366. The van der Waals surface area contributed by atoms with Gasteiger partial charge in [-0.3, -0.25) is 9.59 Å². The Morgan fingerprint density at radius 3 is 1.33 bits per heavy atom. The number of carbonyl (C=O) groups excluding carboxylic acids is 2. The summed E-state index contributed by atoms with van der Waals surface area (Å²) in [6.07, 6.45) is 0. The van der Waals surface area contributed by atoms with Gasteiger partial charge in [0.2, 0.25) is 11.8 Å². The first-order valence-electron chi connectivity index (χ1n) is 9.44. The summed E-state index contributed by atoms with van der Waals surface area (Å²) in [6.45, 7) is 0. The fraction of sp³-hybridized carbons (Fsp3) is 0. The van der Waals surface area contributed by atoms with E-state index in [1.807, 2.05) is 48.5 Å². The van der Waals surface area contributed by atoms with E-state index < -0.39 is 11.8 Å². The molecule has 6 heteroatoms. The monoisotopic (exact) mass is 394 g/mol. The summed E-state index contributed by atoms with van der Waals surface area (Å²) in [6, 6.07) is 23.0. The number of fused-ring (bicyclic) bond motifs is 2. The lowest BCUT2D eigenvalue weighted by molar-refractivity contribution is 0.0992. The zero-order valence-electron chi connectivity index (χ0n) is 15.9. The average molecular weight is 394 g/mol. The van der Waals surface area contributed by atoms with E-state index in [2.05, 4.69) is 9.97 Å². The molecule has 0 fully saturated rings. The van der Waals surface area contributed by atoms with E-state index in [4.69, 9.17) is 11.5 Å². The number of H-pyrrole nitrogens is 2. The van der Waals surface area contributed by atoms with E-state index in [0.29, 0.717) is 11.1 Å². The molecule has 0 aliphatic heterocycles. The normalized spacial score (nSPS) is 11.2. The number of benzene rings is 3. The summed E-state index contributed by atoms with van der Waals surface area (Å²) in [4.78, 5) is 29.5. The van der Waals surface area contributed by atoms with Crippen LogP contribution in [0.3, 0.4) is 0 Å². The maximum atomic E-state index is 11.4. The Bertz CT molecular complexity index is 1330. The van der Waals surface area contributed by atoms with Gasteiger partial charge in [-0.25, -0.2) is 0 Å². The lowest BCUT2D eigenvalue weighted by atomic mass is 10.1. The van der Waals surface area contributed by atoms with Crippen molar-refractivity contribution in [3.8, 4) is 22.5 Å². The van der Waals surface area contributed by atoms with Crippen LogP contribution in [0, 0.1) is 0 Å². The molecule has 146 valence electrons. The van der Waals surface area contributed by atoms with E-state index >= 15 is 0 Å². The minimum absolute atomic E-state index is 0.446. The van der Waals surface area contributed by atoms with Gasteiger partial charge in [0.15, 0.2) is 0 Å². The van der Waals surface area contributed by atoms with Gasteiger partial charge >= 0.3 is 0 Å². The molecule has 0 saturated heterocycles. The maximum absolute atomic E-state index is 11.4. The highest BCUT2D eigenvalue weighted by atomic mass is 16.1. The highest BCUT2D eigenvalue weighted by molar-refractivity contribution is 5.99. The molecule has 2 aromatic heterocycles. The summed E-state index contributed by atoms with van der Waals surface area (Å²) in [7, 11) is 0. The lowest BCUT2D eigenvalue weighted by Gasteiger charge is -2.01. The molecule has 0 atom stereocenters. The molecular formula is C24H18N4O2. The Morgan fingerprint density at radius 1 is 0.567 bits per heavy atom. The molecule has 0 aliphatic rings. The first-order valence-corrected chi connectivity index (χ1v) is 9.44. The molecular weight excluding hydrogens is 376 g/mol. The first-order chi connectivity index (χ1) is 14.5. The molecule has 2 heterocycles. The highest BCUT2D eigenvalue weighted by Gasteiger charge is 2.09. The molecule has 0 spiro atoms. The van der Waals surface area contributed by atoms with Gasteiger partial charge in [-0.2, -0.15) is 0 Å². The number of aromatic nitrogens is 2. The van der Waals surface area contributed by atoms with Gasteiger partial charge in [-0.15, -0.1) is 0 Å². The van der Waals surface area contributed by atoms with Gasteiger partial charge in [-0.05, 0) is 47.5 Å². The van der Waals surface area contributed by atoms with Crippen molar-refractivity contribution in [2.75, 3.05) is 0 Å². The van der Waals surface area contributed by atoms with Crippen LogP contribution in [-0.2, 0) is 0 Å². The smallest absolute Gasteiger partial charge is 0.248 e. The predicted molar refractivity (Wildman–Crippen MR) is 118 cm³/mol. The Hall–Kier alpha value is -4.32. The number of rotatable bonds is 4. The highest BCUT2D eigenvalue weighted by Crippen LogP contribution is 2.29. The van der Waals surface area contributed by atoms with Crippen LogP contribution in [0.5, 0.6) is 0 Å². The van der Waals surface area contributed by atoms with Gasteiger partial charge in [0.25, 0.3) is 0 Å². The Kier molecular flexibility index (Phi) is 3.93. The Labute approximate surface area is 171 Å². The largest absolute Gasteiger partial charge is 0.366 e. The molecule has 0 saturated carbocycles. The summed E-state index contributed by atoms with van der Waals surface area (Å²) in [5.74, 6) is -0.891.